The highest BCUT2D eigenvalue weighted by molar-refractivity contribution is 6.05. The molecule has 0 fully saturated rings. The second-order valence-corrected chi connectivity index (χ2v) is 8.04. The molecule has 0 saturated carbocycles. The van der Waals surface area contributed by atoms with Gasteiger partial charge in [-0.15, -0.1) is 0 Å². The normalized spacial score (nSPS) is 16.6. The lowest BCUT2D eigenvalue weighted by Gasteiger charge is -2.31. The standard InChI is InChI=1S/C23H24N4O/c1-16-21-19(24-25-22(28)17-10-6-4-7-11-17)14-23(2,3)15-20(21)27(26-16)18-12-8-5-9-13-18/h4-13H,14-15H2,1-3H3,(H,25,28)/b24-19+. The van der Waals surface area contributed by atoms with E-state index in [9.17, 15) is 4.79 Å². The van der Waals surface area contributed by atoms with Gasteiger partial charge < -0.3 is 0 Å². The van der Waals surface area contributed by atoms with Crippen LogP contribution in [-0.4, -0.2) is 21.4 Å². The summed E-state index contributed by atoms with van der Waals surface area (Å²) in [6.45, 7) is 6.45. The fourth-order valence-corrected chi connectivity index (χ4v) is 3.82. The first-order chi connectivity index (χ1) is 13.4. The molecule has 0 unspecified atom stereocenters. The molecular weight excluding hydrogens is 348 g/mol. The molecule has 0 aliphatic heterocycles. The summed E-state index contributed by atoms with van der Waals surface area (Å²) >= 11 is 0. The summed E-state index contributed by atoms with van der Waals surface area (Å²) in [6, 6.07) is 19.3. The number of aromatic nitrogens is 2. The van der Waals surface area contributed by atoms with Crippen LogP contribution in [0, 0.1) is 12.3 Å². The van der Waals surface area contributed by atoms with E-state index in [0.29, 0.717) is 5.56 Å². The average Bonchev–Trinajstić information content (AvgIpc) is 3.02. The number of carbonyl (C=O) groups excluding carboxylic acids is 1. The Morgan fingerprint density at radius 1 is 1.04 bits per heavy atom. The van der Waals surface area contributed by atoms with Crippen molar-refractivity contribution < 1.29 is 4.79 Å². The molecule has 5 nitrogen and oxygen atoms in total. The van der Waals surface area contributed by atoms with Gasteiger partial charge in [0.05, 0.1) is 22.8 Å². The molecule has 1 aliphatic rings. The van der Waals surface area contributed by atoms with E-state index in [4.69, 9.17) is 5.10 Å². The SMILES string of the molecule is Cc1nn(-c2ccccc2)c2c1/C(=N/NC(=O)c1ccccc1)CC(C)(C)C2. The first-order valence-corrected chi connectivity index (χ1v) is 9.51. The number of nitrogens with one attached hydrogen (secondary N) is 1. The van der Waals surface area contributed by atoms with Crippen molar-refractivity contribution in [2.75, 3.05) is 0 Å². The van der Waals surface area contributed by atoms with Gasteiger partial charge in [-0.05, 0) is 49.4 Å². The zero-order valence-electron chi connectivity index (χ0n) is 16.4. The molecule has 1 N–H and O–H groups in total. The number of hydrogen-bond acceptors (Lipinski definition) is 3. The minimum atomic E-state index is -0.203. The Hall–Kier alpha value is -3.21. The molecule has 0 saturated heterocycles. The molecule has 0 bridgehead atoms. The lowest BCUT2D eigenvalue weighted by molar-refractivity contribution is 0.0954. The number of nitrogens with zero attached hydrogens (tertiary/aromatic N) is 3. The summed E-state index contributed by atoms with van der Waals surface area (Å²) in [5.41, 5.74) is 8.42. The van der Waals surface area contributed by atoms with E-state index in [0.717, 1.165) is 41.2 Å². The lowest BCUT2D eigenvalue weighted by atomic mass is 9.75. The topological polar surface area (TPSA) is 59.3 Å². The monoisotopic (exact) mass is 372 g/mol. The van der Waals surface area contributed by atoms with Crippen molar-refractivity contribution in [2.45, 2.75) is 33.6 Å². The van der Waals surface area contributed by atoms with Crippen molar-refractivity contribution in [3.63, 3.8) is 0 Å². The number of hydrogen-bond donors (Lipinski definition) is 1. The third-order valence-electron chi connectivity index (χ3n) is 5.07. The van der Waals surface area contributed by atoms with E-state index in [1.54, 1.807) is 12.1 Å². The van der Waals surface area contributed by atoms with Gasteiger partial charge >= 0.3 is 0 Å². The molecule has 1 aliphatic carbocycles. The van der Waals surface area contributed by atoms with Crippen LogP contribution in [0.5, 0.6) is 0 Å². The molecule has 2 aromatic carbocycles. The maximum atomic E-state index is 12.4. The molecule has 1 amide bonds. The van der Waals surface area contributed by atoms with Crippen LogP contribution >= 0.6 is 0 Å². The zero-order chi connectivity index (χ0) is 19.7. The highest BCUT2D eigenvalue weighted by Gasteiger charge is 2.34. The zero-order valence-corrected chi connectivity index (χ0v) is 16.4. The molecule has 3 aromatic rings. The van der Waals surface area contributed by atoms with Crippen molar-refractivity contribution in [1.82, 2.24) is 15.2 Å². The fraction of sp³-hybridized carbons (Fsp3) is 0.261. The van der Waals surface area contributed by atoms with Gasteiger partial charge in [0.1, 0.15) is 0 Å². The van der Waals surface area contributed by atoms with Gasteiger partial charge in [0.2, 0.25) is 0 Å². The quantitative estimate of drug-likeness (QED) is 0.697. The molecule has 5 heteroatoms. The Morgan fingerprint density at radius 3 is 2.36 bits per heavy atom. The van der Waals surface area contributed by atoms with E-state index in [1.807, 2.05) is 48.0 Å². The summed E-state index contributed by atoms with van der Waals surface area (Å²) in [5.74, 6) is -0.203. The number of para-hydroxylation sites is 1. The van der Waals surface area contributed by atoms with Crippen molar-refractivity contribution in [1.29, 1.82) is 0 Å². The maximum Gasteiger partial charge on any atom is 0.271 e. The molecule has 28 heavy (non-hydrogen) atoms. The summed E-state index contributed by atoms with van der Waals surface area (Å²) in [5, 5.41) is 9.31. The average molecular weight is 372 g/mol. The third kappa shape index (κ3) is 3.48. The van der Waals surface area contributed by atoms with E-state index < -0.39 is 0 Å². The largest absolute Gasteiger partial charge is 0.271 e. The fourth-order valence-electron chi connectivity index (χ4n) is 3.82. The van der Waals surface area contributed by atoms with Gasteiger partial charge in [-0.25, -0.2) is 10.1 Å². The maximum absolute atomic E-state index is 12.4. The van der Waals surface area contributed by atoms with Crippen LogP contribution in [0.15, 0.2) is 65.8 Å². The molecule has 0 spiro atoms. The number of fused-ring (bicyclic) bond motifs is 1. The van der Waals surface area contributed by atoms with Crippen LogP contribution in [0.2, 0.25) is 0 Å². The lowest BCUT2D eigenvalue weighted by Crippen LogP contribution is -2.31. The van der Waals surface area contributed by atoms with Crippen molar-refractivity contribution >= 4 is 11.6 Å². The summed E-state index contributed by atoms with van der Waals surface area (Å²) in [4.78, 5) is 12.4. The first kappa shape index (κ1) is 18.2. The summed E-state index contributed by atoms with van der Waals surface area (Å²) < 4.78 is 2.01. The number of carbonyl (C=O) groups is 1. The minimum Gasteiger partial charge on any atom is -0.267 e. The highest BCUT2D eigenvalue weighted by atomic mass is 16.2. The van der Waals surface area contributed by atoms with E-state index in [1.165, 1.54) is 0 Å². The Balaban J connectivity index is 1.73. The molecule has 4 rings (SSSR count). The van der Waals surface area contributed by atoms with Gasteiger partial charge in [0.15, 0.2) is 0 Å². The summed E-state index contributed by atoms with van der Waals surface area (Å²) in [7, 11) is 0. The smallest absolute Gasteiger partial charge is 0.267 e. The Bertz CT molecular complexity index is 1030. The van der Waals surface area contributed by atoms with Crippen LogP contribution < -0.4 is 5.43 Å². The molecule has 1 aromatic heterocycles. The second-order valence-electron chi connectivity index (χ2n) is 8.04. The van der Waals surface area contributed by atoms with Crippen LogP contribution in [0.4, 0.5) is 0 Å². The van der Waals surface area contributed by atoms with Gasteiger partial charge in [0.25, 0.3) is 5.91 Å². The predicted molar refractivity (Wildman–Crippen MR) is 111 cm³/mol. The van der Waals surface area contributed by atoms with Crippen molar-refractivity contribution in [3.8, 4) is 5.69 Å². The highest BCUT2D eigenvalue weighted by Crippen LogP contribution is 2.37. The van der Waals surface area contributed by atoms with E-state index >= 15 is 0 Å². The number of aryl methyl sites for hydroxylation is 1. The first-order valence-electron chi connectivity index (χ1n) is 9.51. The van der Waals surface area contributed by atoms with E-state index in [-0.39, 0.29) is 11.3 Å². The predicted octanol–water partition coefficient (Wildman–Crippen LogP) is 4.29. The molecule has 142 valence electrons. The number of rotatable bonds is 3. The van der Waals surface area contributed by atoms with Crippen molar-refractivity contribution in [3.05, 3.63) is 83.2 Å². The number of benzene rings is 2. The second kappa shape index (κ2) is 7.08. The molecule has 0 atom stereocenters. The van der Waals surface area contributed by atoms with Gasteiger partial charge in [-0.3, -0.25) is 4.79 Å². The third-order valence-corrected chi connectivity index (χ3v) is 5.07. The van der Waals surface area contributed by atoms with Gasteiger partial charge in [0, 0.05) is 11.1 Å². The van der Waals surface area contributed by atoms with Crippen LogP contribution in [0.3, 0.4) is 0 Å². The van der Waals surface area contributed by atoms with Gasteiger partial charge in [-0.2, -0.15) is 10.2 Å². The minimum absolute atomic E-state index is 0.0301. The Labute approximate surface area is 165 Å². The molecular formula is C23H24N4O. The van der Waals surface area contributed by atoms with Gasteiger partial charge in [-0.1, -0.05) is 50.2 Å². The van der Waals surface area contributed by atoms with Crippen LogP contribution in [-0.2, 0) is 6.42 Å². The van der Waals surface area contributed by atoms with E-state index in [2.05, 4.69) is 36.5 Å². The number of hydrazone groups is 1. The van der Waals surface area contributed by atoms with Crippen LogP contribution in [0.1, 0.15) is 47.6 Å². The number of amides is 1. The summed E-state index contributed by atoms with van der Waals surface area (Å²) in [6.07, 6.45) is 1.69. The molecule has 1 heterocycles. The molecule has 0 radical (unpaired) electrons. The Kier molecular flexibility index (Phi) is 4.59. The van der Waals surface area contributed by atoms with Crippen molar-refractivity contribution in [2.24, 2.45) is 10.5 Å². The van der Waals surface area contributed by atoms with Crippen LogP contribution in [0.25, 0.3) is 5.69 Å². The Morgan fingerprint density at radius 2 is 1.68 bits per heavy atom.